The normalized spacial score (nSPS) is 13.7. The number of nitriles is 7. The Morgan fingerprint density at radius 2 is 0.714 bits per heavy atom. The predicted octanol–water partition coefficient (Wildman–Crippen LogP) is 6.50. The number of rotatable bonds is 2. The average molecular weight is 783 g/mol. The maximum Gasteiger partial charge on any atom is 0.451 e. The molecule has 2 aromatic heterocycles. The van der Waals surface area contributed by atoms with Crippen molar-refractivity contribution in [2.24, 2.45) is 0 Å². The molecule has 2 aliphatic carbocycles. The highest BCUT2D eigenvalue weighted by atomic mass is 19.4. The van der Waals surface area contributed by atoms with Crippen LogP contribution in [0.5, 0.6) is 0 Å². The zero-order chi connectivity index (χ0) is 41.9. The number of hydrogen-bond donors (Lipinski definition) is 0. The Morgan fingerprint density at radius 1 is 0.429 bits per heavy atom. The molecular formula is C31HF12N13. The molecule has 2 heterocycles. The number of alkyl halides is 12. The van der Waals surface area contributed by atoms with Gasteiger partial charge in [-0.2, -0.15) is 89.5 Å². The number of fused-ring (bicyclic) bond motifs is 2. The molecule has 0 amide bonds. The van der Waals surface area contributed by atoms with Gasteiger partial charge in [0.2, 0.25) is 23.3 Å². The standard InChI is InChI=1S/C31HF12N13/c32-28(33,34)24-51-22(52-25(55-24)29(35,36)37)20-13(6-48)11-1-12-14(7-49)21(23-53-26(30(38,39)40)56-27(54-23)31(41,42)43)17(10(4-46)5-47)19(12)15(8-50)18(11)16(20)9(2-44)3-45/h1H. The fourth-order valence-electron chi connectivity index (χ4n) is 5.41. The molecule has 5 rings (SSSR count). The largest absolute Gasteiger partial charge is 0.451 e. The summed E-state index contributed by atoms with van der Waals surface area (Å²) in [5.41, 5.74) is -13.7. The van der Waals surface area contributed by atoms with E-state index >= 15 is 0 Å². The van der Waals surface area contributed by atoms with E-state index in [1.807, 2.05) is 0 Å². The zero-order valence-electron chi connectivity index (χ0n) is 25.9. The predicted molar refractivity (Wildman–Crippen MR) is 152 cm³/mol. The van der Waals surface area contributed by atoms with Crippen molar-refractivity contribution in [2.75, 3.05) is 0 Å². The average Bonchev–Trinajstić information content (AvgIpc) is 3.62. The van der Waals surface area contributed by atoms with E-state index in [0.29, 0.717) is 6.07 Å². The lowest BCUT2D eigenvalue weighted by Crippen LogP contribution is -2.21. The summed E-state index contributed by atoms with van der Waals surface area (Å²) in [4.78, 5) is 16.6. The maximum atomic E-state index is 13.8. The molecule has 0 atom stereocenters. The van der Waals surface area contributed by atoms with Crippen molar-refractivity contribution >= 4 is 33.4 Å². The lowest BCUT2D eigenvalue weighted by Gasteiger charge is -2.15. The van der Waals surface area contributed by atoms with E-state index in [9.17, 15) is 89.5 Å². The summed E-state index contributed by atoms with van der Waals surface area (Å²) in [5.74, 6) is -13.2. The van der Waals surface area contributed by atoms with Crippen LogP contribution >= 0.6 is 0 Å². The van der Waals surface area contributed by atoms with Crippen LogP contribution in [0.15, 0.2) is 17.2 Å². The van der Waals surface area contributed by atoms with Gasteiger partial charge in [0.1, 0.15) is 53.6 Å². The Balaban J connectivity index is 2.05. The SMILES string of the molecule is N#CC(C#N)=C1C(c2nc(C(F)(F)F)nc(C(F)(F)F)n2)=C(C#N)c2cc3c(c(C#N)c21)C(=C(C#N)C#N)C(c1nc(C(F)(F)F)nc(C(F)(F)F)n1)=C3C#N. The molecule has 2 aliphatic rings. The second-order valence-electron chi connectivity index (χ2n) is 10.5. The molecule has 1 aromatic carbocycles. The van der Waals surface area contributed by atoms with Gasteiger partial charge in [-0.3, -0.25) is 0 Å². The highest BCUT2D eigenvalue weighted by Gasteiger charge is 2.47. The first-order chi connectivity index (χ1) is 26.0. The fourth-order valence-corrected chi connectivity index (χ4v) is 5.41. The van der Waals surface area contributed by atoms with Crippen LogP contribution in [0.2, 0.25) is 0 Å². The molecule has 0 unspecified atom stereocenters. The highest BCUT2D eigenvalue weighted by Crippen LogP contribution is 2.56. The monoisotopic (exact) mass is 783 g/mol. The van der Waals surface area contributed by atoms with E-state index < -0.39 is 132 Å². The van der Waals surface area contributed by atoms with Gasteiger partial charge in [0.05, 0.1) is 16.7 Å². The summed E-state index contributed by atoms with van der Waals surface area (Å²) >= 11 is 0. The summed E-state index contributed by atoms with van der Waals surface area (Å²) in [7, 11) is 0. The number of hydrogen-bond acceptors (Lipinski definition) is 13. The Kier molecular flexibility index (Phi) is 9.07. The molecule has 0 saturated carbocycles. The first-order valence-corrected chi connectivity index (χ1v) is 13.8. The minimum absolute atomic E-state index is 0.619. The minimum atomic E-state index is -5.73. The lowest BCUT2D eigenvalue weighted by molar-refractivity contribution is -0.156. The van der Waals surface area contributed by atoms with Crippen LogP contribution in [-0.2, 0) is 24.7 Å². The zero-order valence-corrected chi connectivity index (χ0v) is 25.9. The quantitative estimate of drug-likeness (QED) is 0.199. The third-order valence-corrected chi connectivity index (χ3v) is 7.38. The van der Waals surface area contributed by atoms with Crippen LogP contribution in [0, 0.1) is 79.3 Å². The van der Waals surface area contributed by atoms with Gasteiger partial charge in [0.15, 0.2) is 11.6 Å². The Labute approximate surface area is 300 Å². The van der Waals surface area contributed by atoms with Crippen LogP contribution in [0.1, 0.15) is 62.8 Å². The van der Waals surface area contributed by atoms with Gasteiger partial charge in [-0.15, -0.1) is 0 Å². The molecule has 13 nitrogen and oxygen atoms in total. The van der Waals surface area contributed by atoms with Crippen LogP contribution in [-0.4, -0.2) is 29.9 Å². The molecule has 0 aliphatic heterocycles. The van der Waals surface area contributed by atoms with Crippen molar-refractivity contribution in [3.63, 3.8) is 0 Å². The van der Waals surface area contributed by atoms with Crippen molar-refractivity contribution in [2.45, 2.75) is 24.7 Å². The van der Waals surface area contributed by atoms with Crippen LogP contribution < -0.4 is 0 Å². The molecule has 0 radical (unpaired) electrons. The van der Waals surface area contributed by atoms with Gasteiger partial charge >= 0.3 is 24.7 Å². The molecule has 0 saturated heterocycles. The number of allylic oxidation sites excluding steroid dienone is 8. The van der Waals surface area contributed by atoms with E-state index in [0.717, 1.165) is 0 Å². The Hall–Kier alpha value is -8.21. The molecule has 56 heavy (non-hydrogen) atoms. The minimum Gasteiger partial charge on any atom is -0.204 e. The van der Waals surface area contributed by atoms with E-state index in [-0.39, 0.29) is 0 Å². The Morgan fingerprint density at radius 3 is 0.929 bits per heavy atom. The van der Waals surface area contributed by atoms with Crippen molar-refractivity contribution in [3.8, 4) is 42.5 Å². The van der Waals surface area contributed by atoms with Gasteiger partial charge in [-0.25, -0.2) is 29.9 Å². The number of aromatic nitrogens is 6. The fraction of sp³-hybridized carbons (Fsp3) is 0.129. The first kappa shape index (κ1) is 39.0. The maximum absolute atomic E-state index is 13.8. The van der Waals surface area contributed by atoms with Gasteiger partial charge in [-0.05, 0) is 6.07 Å². The van der Waals surface area contributed by atoms with Crippen molar-refractivity contribution in [3.05, 3.63) is 80.0 Å². The number of benzene rings is 1. The molecule has 0 fully saturated rings. The van der Waals surface area contributed by atoms with Crippen LogP contribution in [0.25, 0.3) is 33.4 Å². The summed E-state index contributed by atoms with van der Waals surface area (Å²) in [6.45, 7) is 0. The van der Waals surface area contributed by atoms with Gasteiger partial charge < -0.3 is 0 Å². The molecule has 274 valence electrons. The third kappa shape index (κ3) is 6.19. The van der Waals surface area contributed by atoms with Crippen molar-refractivity contribution < 1.29 is 52.7 Å². The van der Waals surface area contributed by atoms with E-state index in [4.69, 9.17) is 0 Å². The molecule has 0 bridgehead atoms. The number of nitrogens with zero attached hydrogens (tertiary/aromatic N) is 13. The topological polar surface area (TPSA) is 244 Å². The van der Waals surface area contributed by atoms with Gasteiger partial charge in [-0.1, -0.05) is 0 Å². The van der Waals surface area contributed by atoms with Gasteiger partial charge in [0, 0.05) is 44.5 Å². The summed E-state index contributed by atoms with van der Waals surface area (Å²) in [5, 5.41) is 70.3. The smallest absolute Gasteiger partial charge is 0.204 e. The highest BCUT2D eigenvalue weighted by molar-refractivity contribution is 6.30. The summed E-state index contributed by atoms with van der Waals surface area (Å²) in [6, 6.07) is 9.96. The lowest BCUT2D eigenvalue weighted by atomic mass is 9.85. The third-order valence-electron chi connectivity index (χ3n) is 7.38. The number of halogens is 12. The summed E-state index contributed by atoms with van der Waals surface area (Å²) < 4.78 is 165. The van der Waals surface area contributed by atoms with Crippen LogP contribution in [0.3, 0.4) is 0 Å². The van der Waals surface area contributed by atoms with Crippen molar-refractivity contribution in [1.29, 1.82) is 36.8 Å². The van der Waals surface area contributed by atoms with E-state index in [2.05, 4.69) is 29.9 Å². The molecule has 0 N–H and O–H groups in total. The molecule has 3 aromatic rings. The molecule has 0 spiro atoms. The summed E-state index contributed by atoms with van der Waals surface area (Å²) in [6.07, 6.45) is -22.9. The molecule has 25 heteroatoms. The van der Waals surface area contributed by atoms with Crippen LogP contribution in [0.4, 0.5) is 52.7 Å². The second-order valence-corrected chi connectivity index (χ2v) is 10.5. The molecular weight excluding hydrogens is 782 g/mol. The van der Waals surface area contributed by atoms with Crippen molar-refractivity contribution in [1.82, 2.24) is 29.9 Å². The van der Waals surface area contributed by atoms with E-state index in [1.54, 1.807) is 0 Å². The Bertz CT molecular complexity index is 2490. The van der Waals surface area contributed by atoms with Gasteiger partial charge in [0.25, 0.3) is 0 Å². The second kappa shape index (κ2) is 13.0. The van der Waals surface area contributed by atoms with E-state index in [1.165, 1.54) is 42.5 Å². The first-order valence-electron chi connectivity index (χ1n) is 13.8.